The number of ether oxygens (including phenoxy) is 1. The maximum Gasteiger partial charge on any atom is 0.131 e. The van der Waals surface area contributed by atoms with E-state index in [1.54, 1.807) is 4.68 Å². The average molecular weight is 288 g/mol. The van der Waals surface area contributed by atoms with E-state index in [-0.39, 0.29) is 12.5 Å². The Morgan fingerprint density at radius 2 is 2.32 bits per heavy atom. The van der Waals surface area contributed by atoms with Crippen LogP contribution in [0.1, 0.15) is 18.2 Å². The SMILES string of the molecule is CCc1nn(C)c(Cl)c1CN1CCOCC(CO)C1. The van der Waals surface area contributed by atoms with E-state index in [0.717, 1.165) is 37.3 Å². The van der Waals surface area contributed by atoms with Crippen molar-refractivity contribution in [1.29, 1.82) is 0 Å². The van der Waals surface area contributed by atoms with Crippen LogP contribution in [0.3, 0.4) is 0 Å². The van der Waals surface area contributed by atoms with E-state index in [9.17, 15) is 5.11 Å². The van der Waals surface area contributed by atoms with Gasteiger partial charge < -0.3 is 9.84 Å². The molecule has 5 nitrogen and oxygen atoms in total. The Bertz CT molecular complexity index is 422. The third-order valence-electron chi connectivity index (χ3n) is 3.55. The Morgan fingerprint density at radius 1 is 1.53 bits per heavy atom. The molecule has 2 heterocycles. The first-order valence-corrected chi connectivity index (χ1v) is 7.14. The highest BCUT2D eigenvalue weighted by atomic mass is 35.5. The molecule has 0 aliphatic carbocycles. The first-order valence-electron chi connectivity index (χ1n) is 6.76. The summed E-state index contributed by atoms with van der Waals surface area (Å²) in [6.45, 7) is 6.07. The fourth-order valence-corrected chi connectivity index (χ4v) is 2.68. The van der Waals surface area contributed by atoms with Crippen LogP contribution in [0.2, 0.25) is 5.15 Å². The number of aryl methyl sites for hydroxylation is 2. The van der Waals surface area contributed by atoms with E-state index in [2.05, 4.69) is 16.9 Å². The van der Waals surface area contributed by atoms with Crippen LogP contribution in [-0.2, 0) is 24.8 Å². The molecule has 6 heteroatoms. The molecule has 1 atom stereocenters. The zero-order chi connectivity index (χ0) is 13.8. The minimum Gasteiger partial charge on any atom is -0.396 e. The van der Waals surface area contributed by atoms with Gasteiger partial charge >= 0.3 is 0 Å². The number of hydrogen-bond donors (Lipinski definition) is 1. The van der Waals surface area contributed by atoms with Crippen LogP contribution < -0.4 is 0 Å². The molecule has 0 radical (unpaired) electrons. The highest BCUT2D eigenvalue weighted by Crippen LogP contribution is 2.22. The Kier molecular flexibility index (Phi) is 5.21. The Morgan fingerprint density at radius 3 is 3.00 bits per heavy atom. The van der Waals surface area contributed by atoms with Crippen LogP contribution in [0.5, 0.6) is 0 Å². The monoisotopic (exact) mass is 287 g/mol. The molecule has 1 saturated heterocycles. The molecule has 1 aromatic rings. The molecule has 1 N–H and O–H groups in total. The first-order chi connectivity index (χ1) is 9.15. The van der Waals surface area contributed by atoms with E-state index in [0.29, 0.717) is 18.4 Å². The zero-order valence-electron chi connectivity index (χ0n) is 11.6. The Balaban J connectivity index is 2.11. The molecule has 0 bridgehead atoms. The van der Waals surface area contributed by atoms with Crippen LogP contribution in [0.25, 0.3) is 0 Å². The van der Waals surface area contributed by atoms with E-state index >= 15 is 0 Å². The molecule has 1 unspecified atom stereocenters. The van der Waals surface area contributed by atoms with Gasteiger partial charge in [-0.15, -0.1) is 0 Å². The lowest BCUT2D eigenvalue weighted by atomic mass is 10.1. The van der Waals surface area contributed by atoms with Crippen molar-refractivity contribution < 1.29 is 9.84 Å². The van der Waals surface area contributed by atoms with Crippen molar-refractivity contribution in [2.45, 2.75) is 19.9 Å². The molecular formula is C13H22ClN3O2. The fourth-order valence-electron chi connectivity index (χ4n) is 2.47. The number of rotatable bonds is 4. The number of nitrogens with zero attached hydrogens (tertiary/aromatic N) is 3. The summed E-state index contributed by atoms with van der Waals surface area (Å²) < 4.78 is 7.23. The molecule has 1 aliphatic heterocycles. The van der Waals surface area contributed by atoms with E-state index < -0.39 is 0 Å². The smallest absolute Gasteiger partial charge is 0.131 e. The number of halogens is 1. The number of aliphatic hydroxyl groups is 1. The van der Waals surface area contributed by atoms with Gasteiger partial charge in [-0.25, -0.2) is 0 Å². The minimum absolute atomic E-state index is 0.165. The van der Waals surface area contributed by atoms with Crippen molar-refractivity contribution in [1.82, 2.24) is 14.7 Å². The molecule has 19 heavy (non-hydrogen) atoms. The second-order valence-corrected chi connectivity index (χ2v) is 5.41. The summed E-state index contributed by atoms with van der Waals surface area (Å²) in [5, 5.41) is 14.5. The van der Waals surface area contributed by atoms with Gasteiger partial charge in [-0.2, -0.15) is 5.10 Å². The summed E-state index contributed by atoms with van der Waals surface area (Å²) in [7, 11) is 1.87. The quantitative estimate of drug-likeness (QED) is 0.900. The number of hydrogen-bond acceptors (Lipinski definition) is 4. The summed E-state index contributed by atoms with van der Waals surface area (Å²) in [6.07, 6.45) is 0.879. The normalized spacial score (nSPS) is 21.6. The molecule has 1 fully saturated rings. The van der Waals surface area contributed by atoms with Crippen molar-refractivity contribution in [3.63, 3.8) is 0 Å². The summed E-state index contributed by atoms with van der Waals surface area (Å²) in [5.74, 6) is 0.183. The van der Waals surface area contributed by atoms with Gasteiger partial charge in [0.25, 0.3) is 0 Å². The topological polar surface area (TPSA) is 50.5 Å². The Hall–Kier alpha value is -0.620. The second kappa shape index (κ2) is 6.70. The molecule has 1 aliphatic rings. The lowest BCUT2D eigenvalue weighted by Crippen LogP contribution is -2.31. The summed E-state index contributed by atoms with van der Waals surface area (Å²) >= 11 is 6.32. The molecule has 2 rings (SSSR count). The number of aliphatic hydroxyl groups excluding tert-OH is 1. The lowest BCUT2D eigenvalue weighted by Gasteiger charge is -2.22. The van der Waals surface area contributed by atoms with Gasteiger partial charge in [-0.1, -0.05) is 18.5 Å². The third kappa shape index (κ3) is 3.48. The maximum atomic E-state index is 9.31. The molecule has 0 spiro atoms. The molecular weight excluding hydrogens is 266 g/mol. The molecule has 0 saturated carbocycles. The largest absolute Gasteiger partial charge is 0.396 e. The minimum atomic E-state index is 0.165. The van der Waals surface area contributed by atoms with Crippen molar-refractivity contribution in [3.05, 3.63) is 16.4 Å². The van der Waals surface area contributed by atoms with Crippen LogP contribution in [-0.4, -0.2) is 52.7 Å². The molecule has 1 aromatic heterocycles. The van der Waals surface area contributed by atoms with Crippen molar-refractivity contribution in [2.75, 3.05) is 32.9 Å². The second-order valence-electron chi connectivity index (χ2n) is 5.05. The van der Waals surface area contributed by atoms with Gasteiger partial charge in [0.15, 0.2) is 0 Å². The average Bonchev–Trinajstić information content (AvgIpc) is 2.61. The van der Waals surface area contributed by atoms with E-state index in [1.165, 1.54) is 0 Å². The summed E-state index contributed by atoms with van der Waals surface area (Å²) in [6, 6.07) is 0. The van der Waals surface area contributed by atoms with Crippen LogP contribution >= 0.6 is 11.6 Å². The fraction of sp³-hybridized carbons (Fsp3) is 0.769. The summed E-state index contributed by atoms with van der Waals surface area (Å²) in [5.41, 5.74) is 2.16. The van der Waals surface area contributed by atoms with Crippen molar-refractivity contribution in [2.24, 2.45) is 13.0 Å². The molecule has 0 aromatic carbocycles. The van der Waals surface area contributed by atoms with Gasteiger partial charge in [0.2, 0.25) is 0 Å². The predicted octanol–water partition coefficient (Wildman–Crippen LogP) is 1.08. The first kappa shape index (κ1) is 14.8. The highest BCUT2D eigenvalue weighted by Gasteiger charge is 2.21. The van der Waals surface area contributed by atoms with Crippen molar-refractivity contribution in [3.8, 4) is 0 Å². The van der Waals surface area contributed by atoms with E-state index in [4.69, 9.17) is 16.3 Å². The van der Waals surface area contributed by atoms with Gasteiger partial charge in [0.1, 0.15) is 5.15 Å². The van der Waals surface area contributed by atoms with Crippen LogP contribution in [0.4, 0.5) is 0 Å². The van der Waals surface area contributed by atoms with Gasteiger partial charge in [-0.3, -0.25) is 9.58 Å². The van der Waals surface area contributed by atoms with Crippen LogP contribution in [0, 0.1) is 5.92 Å². The van der Waals surface area contributed by atoms with Crippen molar-refractivity contribution >= 4 is 11.6 Å². The van der Waals surface area contributed by atoms with Gasteiger partial charge in [0.05, 0.1) is 18.9 Å². The molecule has 0 amide bonds. The van der Waals surface area contributed by atoms with Gasteiger partial charge in [-0.05, 0) is 6.42 Å². The standard InChI is InChI=1S/C13H22ClN3O2/c1-3-12-11(13(14)16(2)15-12)7-17-4-5-19-9-10(6-17)8-18/h10,18H,3-9H2,1-2H3. The van der Waals surface area contributed by atoms with Crippen LogP contribution in [0.15, 0.2) is 0 Å². The Labute approximate surface area is 119 Å². The third-order valence-corrected chi connectivity index (χ3v) is 4.02. The maximum absolute atomic E-state index is 9.31. The molecule has 108 valence electrons. The predicted molar refractivity (Wildman–Crippen MR) is 74.3 cm³/mol. The van der Waals surface area contributed by atoms with Gasteiger partial charge in [0, 0.05) is 44.8 Å². The van der Waals surface area contributed by atoms with E-state index in [1.807, 2.05) is 7.05 Å². The highest BCUT2D eigenvalue weighted by molar-refractivity contribution is 6.30. The number of aromatic nitrogens is 2. The lowest BCUT2D eigenvalue weighted by molar-refractivity contribution is 0.0958. The zero-order valence-corrected chi connectivity index (χ0v) is 12.4. The summed E-state index contributed by atoms with van der Waals surface area (Å²) in [4.78, 5) is 2.29.